The van der Waals surface area contributed by atoms with Crippen LogP contribution in [-0.4, -0.2) is 14.1 Å². The standard InChI is InChI=1S/C16H32.C2H5.Al/c1-5-7-9-11-13-15(3)16(4)14-12-10-8-6-2;1-2;/h15-16H,3-14H2,1-2H3;1H2,2H3;/t15-,16-;;/m0../s1. The maximum absolute atomic E-state index is 2.46. The van der Waals surface area contributed by atoms with Crippen LogP contribution < -0.4 is 0 Å². The molecule has 2 atom stereocenters. The summed E-state index contributed by atoms with van der Waals surface area (Å²) in [4.78, 5) is 0. The van der Waals surface area contributed by atoms with E-state index in [0.29, 0.717) is 0 Å². The van der Waals surface area contributed by atoms with Crippen molar-refractivity contribution in [1.82, 2.24) is 0 Å². The molecule has 19 heavy (non-hydrogen) atoms. The molecule has 1 aliphatic heterocycles. The smallest absolute Gasteiger partial charge is 0.0967 e. The van der Waals surface area contributed by atoms with Gasteiger partial charge in [-0.25, -0.2) is 0 Å². The topological polar surface area (TPSA) is 0 Å². The minimum absolute atomic E-state index is 0.294. The molecule has 0 N–H and O–H groups in total. The molecule has 1 rings (SSSR count). The Balaban J connectivity index is 2.24. The summed E-state index contributed by atoms with van der Waals surface area (Å²) in [6.45, 7) is 7.11. The zero-order chi connectivity index (χ0) is 13.9. The summed E-state index contributed by atoms with van der Waals surface area (Å²) in [6.07, 6.45) is 14.9. The summed E-state index contributed by atoms with van der Waals surface area (Å²) in [5.41, 5.74) is 0. The third-order valence-electron chi connectivity index (χ3n) is 5.37. The van der Waals surface area contributed by atoms with Crippen LogP contribution in [0, 0.1) is 11.8 Å². The van der Waals surface area contributed by atoms with E-state index in [-0.39, 0.29) is 14.1 Å². The largest absolute Gasteiger partial charge is 0.262 e. The Labute approximate surface area is 127 Å². The molecule has 0 spiro atoms. The molecule has 0 unspecified atom stereocenters. The fraction of sp³-hybridized carbons (Fsp3) is 1.00. The Hall–Kier alpha value is 0.532. The van der Waals surface area contributed by atoms with Gasteiger partial charge in [-0.2, -0.15) is 0 Å². The van der Waals surface area contributed by atoms with Gasteiger partial charge in [0, 0.05) is 0 Å². The van der Waals surface area contributed by atoms with Crippen molar-refractivity contribution in [3.63, 3.8) is 0 Å². The van der Waals surface area contributed by atoms with Crippen molar-refractivity contribution in [3.8, 4) is 0 Å². The molecule has 0 saturated carbocycles. The molecule has 0 aromatic heterocycles. The summed E-state index contributed by atoms with van der Waals surface area (Å²) in [5.74, 6) is 2.30. The number of hydrogen-bond acceptors (Lipinski definition) is 0. The molecule has 1 aliphatic rings. The number of unbranched alkanes of at least 4 members (excludes halogenated alkanes) is 6. The van der Waals surface area contributed by atoms with Crippen LogP contribution in [0.3, 0.4) is 0 Å². The Morgan fingerprint density at radius 1 is 0.684 bits per heavy atom. The minimum Gasteiger partial charge on any atom is -0.0967 e. The highest BCUT2D eigenvalue weighted by atomic mass is 27.2. The number of hydrogen-bond donors (Lipinski definition) is 0. The van der Waals surface area contributed by atoms with Crippen molar-refractivity contribution in [1.29, 1.82) is 0 Å². The van der Waals surface area contributed by atoms with E-state index >= 15 is 0 Å². The van der Waals surface area contributed by atoms with Crippen molar-refractivity contribution in [2.75, 3.05) is 0 Å². The molecule has 0 radical (unpaired) electrons. The predicted octanol–water partition coefficient (Wildman–Crippen LogP) is 6.69. The first kappa shape index (κ1) is 17.6. The van der Waals surface area contributed by atoms with E-state index in [1.807, 2.05) is 0 Å². The highest BCUT2D eigenvalue weighted by Crippen LogP contribution is 2.40. The predicted molar refractivity (Wildman–Crippen MR) is 90.3 cm³/mol. The van der Waals surface area contributed by atoms with Gasteiger partial charge in [-0.3, -0.25) is 0 Å². The highest BCUT2D eigenvalue weighted by Gasteiger charge is 2.35. The lowest BCUT2D eigenvalue weighted by Crippen LogP contribution is -2.07. The van der Waals surface area contributed by atoms with Gasteiger partial charge in [-0.05, 0) is 0 Å². The van der Waals surface area contributed by atoms with Gasteiger partial charge in [-0.15, -0.1) is 0 Å². The molecule has 0 nitrogen and oxygen atoms in total. The van der Waals surface area contributed by atoms with Crippen LogP contribution in [-0.2, 0) is 0 Å². The SMILES string of the molecule is CCCCCC[C@@H]1[CH2][Al]([CH2]C)[CH2][C@H]1CCCCCC. The summed E-state index contributed by atoms with van der Waals surface area (Å²) in [7, 11) is 0. The van der Waals surface area contributed by atoms with Crippen LogP contribution in [0.1, 0.15) is 85.0 Å². The first-order valence-corrected chi connectivity index (χ1v) is 11.8. The molecule has 1 fully saturated rings. The zero-order valence-electron chi connectivity index (χ0n) is 13.9. The number of rotatable bonds is 11. The third kappa shape index (κ3) is 7.20. The average Bonchev–Trinajstić information content (AvgIpc) is 2.82. The quantitative estimate of drug-likeness (QED) is 0.292. The summed E-state index contributed by atoms with van der Waals surface area (Å²) in [5, 5.41) is 4.96. The average molecular weight is 280 g/mol. The van der Waals surface area contributed by atoms with E-state index in [0.717, 1.165) is 11.8 Å². The van der Waals surface area contributed by atoms with Gasteiger partial charge in [0.25, 0.3) is 14.1 Å². The second-order valence-electron chi connectivity index (χ2n) is 6.96. The van der Waals surface area contributed by atoms with Gasteiger partial charge in [0.05, 0.1) is 0 Å². The van der Waals surface area contributed by atoms with Crippen LogP contribution >= 0.6 is 0 Å². The first-order valence-electron chi connectivity index (χ1n) is 9.31. The fourth-order valence-electron chi connectivity index (χ4n) is 4.04. The first-order chi connectivity index (χ1) is 9.31. The normalized spacial score (nSPS) is 23.2. The lowest BCUT2D eigenvalue weighted by atomic mass is 9.87. The highest BCUT2D eigenvalue weighted by molar-refractivity contribution is 6.59. The van der Waals surface area contributed by atoms with Crippen molar-refractivity contribution in [2.45, 2.75) is 101 Å². The lowest BCUT2D eigenvalue weighted by molar-refractivity contribution is 0.342. The van der Waals surface area contributed by atoms with E-state index < -0.39 is 0 Å². The van der Waals surface area contributed by atoms with E-state index in [4.69, 9.17) is 0 Å². The van der Waals surface area contributed by atoms with Crippen molar-refractivity contribution < 1.29 is 0 Å². The molecule has 0 amide bonds. The van der Waals surface area contributed by atoms with Crippen LogP contribution in [0.5, 0.6) is 0 Å². The Morgan fingerprint density at radius 2 is 1.16 bits per heavy atom. The molecule has 1 heteroatoms. The maximum Gasteiger partial charge on any atom is 0.262 e. The van der Waals surface area contributed by atoms with E-state index in [9.17, 15) is 0 Å². The molecule has 112 valence electrons. The van der Waals surface area contributed by atoms with Gasteiger partial charge < -0.3 is 0 Å². The van der Waals surface area contributed by atoms with Crippen LogP contribution in [0.15, 0.2) is 0 Å². The summed E-state index contributed by atoms with van der Waals surface area (Å²) < 4.78 is 0. The molecule has 0 aromatic rings. The van der Waals surface area contributed by atoms with Crippen LogP contribution in [0.25, 0.3) is 0 Å². The second kappa shape index (κ2) is 11.2. The summed E-state index contributed by atoms with van der Waals surface area (Å²) >= 11 is -0.294. The Morgan fingerprint density at radius 3 is 1.53 bits per heavy atom. The second-order valence-corrected chi connectivity index (χ2v) is 10.5. The molecular weight excluding hydrogens is 243 g/mol. The molecule has 0 aromatic carbocycles. The van der Waals surface area contributed by atoms with Crippen molar-refractivity contribution in [3.05, 3.63) is 0 Å². The Kier molecular flexibility index (Phi) is 10.4. The van der Waals surface area contributed by atoms with E-state index in [1.54, 1.807) is 28.7 Å². The van der Waals surface area contributed by atoms with Gasteiger partial charge in [-0.1, -0.05) is 113 Å². The molecule has 0 aliphatic carbocycles. The fourth-order valence-corrected chi connectivity index (χ4v) is 7.86. The van der Waals surface area contributed by atoms with E-state index in [2.05, 4.69) is 20.8 Å². The third-order valence-corrected chi connectivity index (χ3v) is 9.07. The zero-order valence-corrected chi connectivity index (χ0v) is 15.1. The van der Waals surface area contributed by atoms with Crippen LogP contribution in [0.4, 0.5) is 0 Å². The lowest BCUT2D eigenvalue weighted by Gasteiger charge is -2.20. The molecule has 0 bridgehead atoms. The van der Waals surface area contributed by atoms with Gasteiger partial charge in [0.1, 0.15) is 0 Å². The summed E-state index contributed by atoms with van der Waals surface area (Å²) in [6, 6.07) is 0. The van der Waals surface area contributed by atoms with Crippen molar-refractivity contribution in [2.24, 2.45) is 11.8 Å². The van der Waals surface area contributed by atoms with Gasteiger partial charge in [0.15, 0.2) is 0 Å². The van der Waals surface area contributed by atoms with Crippen LogP contribution in [0.2, 0.25) is 15.8 Å². The minimum atomic E-state index is -0.294. The molecule has 1 saturated heterocycles. The molecular formula is C18H37Al. The Bertz CT molecular complexity index is 182. The van der Waals surface area contributed by atoms with Gasteiger partial charge >= 0.3 is 0 Å². The van der Waals surface area contributed by atoms with E-state index in [1.165, 1.54) is 51.4 Å². The monoisotopic (exact) mass is 280 g/mol. The van der Waals surface area contributed by atoms with Crippen molar-refractivity contribution >= 4 is 14.1 Å². The van der Waals surface area contributed by atoms with Gasteiger partial charge in [0.2, 0.25) is 0 Å². The maximum atomic E-state index is 2.46. The molecule has 1 heterocycles.